The monoisotopic (exact) mass is 376 g/mol. The summed E-state index contributed by atoms with van der Waals surface area (Å²) in [5, 5.41) is 0. The van der Waals surface area contributed by atoms with Gasteiger partial charge < -0.3 is 4.74 Å². The van der Waals surface area contributed by atoms with Crippen LogP contribution in [-0.4, -0.2) is 42.1 Å². The first-order valence-corrected chi connectivity index (χ1v) is 11.2. The van der Waals surface area contributed by atoms with Crippen molar-refractivity contribution in [3.05, 3.63) is 65.2 Å². The summed E-state index contributed by atoms with van der Waals surface area (Å²) in [7, 11) is 0. The third-order valence-electron chi connectivity index (χ3n) is 6.78. The number of nitrogens with zero attached hydrogens (tertiary/aromatic N) is 2. The molecular formula is C25H32N2O. The second-order valence-corrected chi connectivity index (χ2v) is 8.72. The Morgan fingerprint density at radius 2 is 1.71 bits per heavy atom. The number of fused-ring (bicyclic) bond motifs is 1. The number of ether oxygens (including phenoxy) is 1. The average Bonchev–Trinajstić information content (AvgIpc) is 3.39. The van der Waals surface area contributed by atoms with Crippen LogP contribution in [0.2, 0.25) is 0 Å². The first kappa shape index (κ1) is 18.2. The molecule has 148 valence electrons. The van der Waals surface area contributed by atoms with Crippen molar-refractivity contribution >= 4 is 0 Å². The number of rotatable bonds is 5. The van der Waals surface area contributed by atoms with Gasteiger partial charge in [0.1, 0.15) is 11.9 Å². The molecular weight excluding hydrogens is 344 g/mol. The Balaban J connectivity index is 1.26. The summed E-state index contributed by atoms with van der Waals surface area (Å²) in [6.45, 7) is 5.79. The lowest BCUT2D eigenvalue weighted by atomic mass is 10.0. The van der Waals surface area contributed by atoms with E-state index in [1.807, 2.05) is 0 Å². The molecule has 2 fully saturated rings. The third-order valence-corrected chi connectivity index (χ3v) is 6.78. The standard InChI is InChI=1S/C25H32N2O/c1-2-8-20(9-3-1)18-26-15-7-10-21(19-26)28-25-12-6-11-22-23(25)13-14-24(22)27-16-4-5-17-27/h1-3,6,8-9,11-12,21,24H,4-5,7,10,13-19H2. The SMILES string of the molecule is c1ccc(CN2CCCC(Oc3cccc4c3CCC4N3CCCC3)C2)cc1. The fraction of sp³-hybridized carbons (Fsp3) is 0.520. The molecule has 2 aliphatic heterocycles. The molecule has 0 radical (unpaired) electrons. The topological polar surface area (TPSA) is 15.7 Å². The van der Waals surface area contributed by atoms with Crippen LogP contribution in [0, 0.1) is 0 Å². The van der Waals surface area contributed by atoms with Crippen molar-refractivity contribution in [1.29, 1.82) is 0 Å². The molecule has 0 amide bonds. The number of hydrogen-bond acceptors (Lipinski definition) is 3. The number of likely N-dealkylation sites (tertiary alicyclic amines) is 2. The van der Waals surface area contributed by atoms with E-state index in [9.17, 15) is 0 Å². The van der Waals surface area contributed by atoms with Crippen LogP contribution in [0.1, 0.15) is 54.8 Å². The lowest BCUT2D eigenvalue weighted by Gasteiger charge is -2.33. The van der Waals surface area contributed by atoms with Crippen LogP contribution in [0.4, 0.5) is 0 Å². The maximum atomic E-state index is 6.62. The van der Waals surface area contributed by atoms with E-state index in [1.54, 1.807) is 0 Å². The second-order valence-electron chi connectivity index (χ2n) is 8.72. The Kier molecular flexibility index (Phi) is 5.37. The predicted octanol–water partition coefficient (Wildman–Crippen LogP) is 4.81. The lowest BCUT2D eigenvalue weighted by Crippen LogP contribution is -2.40. The fourth-order valence-corrected chi connectivity index (χ4v) is 5.42. The van der Waals surface area contributed by atoms with Gasteiger partial charge in [0, 0.05) is 19.1 Å². The van der Waals surface area contributed by atoms with Crippen LogP contribution in [0.3, 0.4) is 0 Å². The predicted molar refractivity (Wildman–Crippen MR) is 114 cm³/mol. The highest BCUT2D eigenvalue weighted by atomic mass is 16.5. The van der Waals surface area contributed by atoms with Crippen molar-refractivity contribution in [2.45, 2.75) is 57.2 Å². The van der Waals surface area contributed by atoms with Crippen LogP contribution < -0.4 is 4.74 Å². The summed E-state index contributed by atoms with van der Waals surface area (Å²) in [5.41, 5.74) is 4.42. The minimum absolute atomic E-state index is 0.315. The van der Waals surface area contributed by atoms with Crippen LogP contribution >= 0.6 is 0 Å². The van der Waals surface area contributed by atoms with Crippen molar-refractivity contribution in [1.82, 2.24) is 9.80 Å². The maximum absolute atomic E-state index is 6.62. The van der Waals surface area contributed by atoms with E-state index < -0.39 is 0 Å². The number of benzene rings is 2. The molecule has 28 heavy (non-hydrogen) atoms. The maximum Gasteiger partial charge on any atom is 0.123 e. The van der Waals surface area contributed by atoms with Gasteiger partial charge in [-0.2, -0.15) is 0 Å². The molecule has 2 unspecified atom stereocenters. The molecule has 2 atom stereocenters. The van der Waals surface area contributed by atoms with Crippen LogP contribution in [-0.2, 0) is 13.0 Å². The zero-order valence-corrected chi connectivity index (χ0v) is 16.9. The fourth-order valence-electron chi connectivity index (χ4n) is 5.42. The van der Waals surface area contributed by atoms with Gasteiger partial charge in [0.2, 0.25) is 0 Å². The summed E-state index contributed by atoms with van der Waals surface area (Å²) in [5.74, 6) is 1.16. The lowest BCUT2D eigenvalue weighted by molar-refractivity contribution is 0.0836. The van der Waals surface area contributed by atoms with Gasteiger partial charge in [-0.15, -0.1) is 0 Å². The summed E-state index contributed by atoms with van der Waals surface area (Å²) in [6.07, 6.45) is 7.87. The van der Waals surface area contributed by atoms with Gasteiger partial charge in [-0.3, -0.25) is 9.80 Å². The van der Waals surface area contributed by atoms with Crippen molar-refractivity contribution in [2.75, 3.05) is 26.2 Å². The van der Waals surface area contributed by atoms with Crippen molar-refractivity contribution < 1.29 is 4.74 Å². The summed E-state index contributed by atoms with van der Waals surface area (Å²) in [4.78, 5) is 5.25. The van der Waals surface area contributed by atoms with E-state index >= 15 is 0 Å². The highest BCUT2D eigenvalue weighted by Crippen LogP contribution is 2.41. The summed E-state index contributed by atoms with van der Waals surface area (Å²) >= 11 is 0. The van der Waals surface area contributed by atoms with E-state index in [0.29, 0.717) is 12.1 Å². The summed E-state index contributed by atoms with van der Waals surface area (Å²) in [6, 6.07) is 18.2. The van der Waals surface area contributed by atoms with Crippen molar-refractivity contribution in [3.8, 4) is 5.75 Å². The molecule has 0 spiro atoms. The zero-order valence-electron chi connectivity index (χ0n) is 16.9. The van der Waals surface area contributed by atoms with E-state index in [1.165, 1.54) is 74.8 Å². The van der Waals surface area contributed by atoms with Gasteiger partial charge in [0.05, 0.1) is 0 Å². The van der Waals surface area contributed by atoms with Gasteiger partial charge in [0.25, 0.3) is 0 Å². The van der Waals surface area contributed by atoms with Crippen LogP contribution in [0.15, 0.2) is 48.5 Å². The molecule has 2 heterocycles. The van der Waals surface area contributed by atoms with E-state index in [0.717, 1.165) is 18.8 Å². The average molecular weight is 377 g/mol. The second kappa shape index (κ2) is 8.26. The Morgan fingerprint density at radius 3 is 2.57 bits per heavy atom. The van der Waals surface area contributed by atoms with Gasteiger partial charge in [-0.25, -0.2) is 0 Å². The Hall–Kier alpha value is -1.84. The molecule has 0 bridgehead atoms. The van der Waals surface area contributed by atoms with Gasteiger partial charge in [-0.1, -0.05) is 42.5 Å². The molecule has 1 aliphatic carbocycles. The first-order valence-electron chi connectivity index (χ1n) is 11.2. The van der Waals surface area contributed by atoms with Crippen LogP contribution in [0.5, 0.6) is 5.75 Å². The van der Waals surface area contributed by atoms with E-state index in [-0.39, 0.29) is 0 Å². The number of hydrogen-bond donors (Lipinski definition) is 0. The molecule has 0 saturated carbocycles. The van der Waals surface area contributed by atoms with Crippen LogP contribution in [0.25, 0.3) is 0 Å². The van der Waals surface area contributed by atoms with E-state index in [2.05, 4.69) is 58.3 Å². The molecule has 3 heteroatoms. The molecule has 5 rings (SSSR count). The first-order chi connectivity index (χ1) is 13.9. The third kappa shape index (κ3) is 3.83. The Morgan fingerprint density at radius 1 is 0.857 bits per heavy atom. The normalized spacial score (nSPS) is 25.7. The smallest absolute Gasteiger partial charge is 0.123 e. The molecule has 3 aliphatic rings. The number of piperidine rings is 1. The van der Waals surface area contributed by atoms with Crippen molar-refractivity contribution in [3.63, 3.8) is 0 Å². The van der Waals surface area contributed by atoms with E-state index in [4.69, 9.17) is 4.74 Å². The quantitative estimate of drug-likeness (QED) is 0.744. The molecule has 3 nitrogen and oxygen atoms in total. The molecule has 0 aromatic heterocycles. The minimum atomic E-state index is 0.315. The van der Waals surface area contributed by atoms with Gasteiger partial charge >= 0.3 is 0 Å². The molecule has 2 aromatic carbocycles. The highest BCUT2D eigenvalue weighted by Gasteiger charge is 2.32. The minimum Gasteiger partial charge on any atom is -0.489 e. The molecule has 2 saturated heterocycles. The van der Waals surface area contributed by atoms with Gasteiger partial charge in [-0.05, 0) is 80.9 Å². The highest BCUT2D eigenvalue weighted by molar-refractivity contribution is 5.45. The van der Waals surface area contributed by atoms with Gasteiger partial charge in [0.15, 0.2) is 0 Å². The molecule has 0 N–H and O–H groups in total. The molecule has 2 aromatic rings. The Labute approximate surface area is 169 Å². The Bertz CT molecular complexity index is 784. The summed E-state index contributed by atoms with van der Waals surface area (Å²) < 4.78 is 6.62. The van der Waals surface area contributed by atoms with Crippen molar-refractivity contribution in [2.24, 2.45) is 0 Å². The zero-order chi connectivity index (χ0) is 18.8. The largest absolute Gasteiger partial charge is 0.489 e.